The van der Waals surface area contributed by atoms with Crippen LogP contribution >= 0.6 is 0 Å². The van der Waals surface area contributed by atoms with Gasteiger partial charge in [0.2, 0.25) is 5.91 Å². The number of amides is 2. The van der Waals surface area contributed by atoms with Crippen LogP contribution in [0.1, 0.15) is 44.8 Å². The number of pyridine rings is 1. The Balaban J connectivity index is 1.61. The molecular weight excluding hydrogens is 494 g/mol. The molecule has 39 heavy (non-hydrogen) atoms. The predicted molar refractivity (Wildman–Crippen MR) is 151 cm³/mol. The molecule has 2 amide bonds. The van der Waals surface area contributed by atoms with Crippen molar-refractivity contribution < 1.29 is 14.1 Å². The Bertz CT molecular complexity index is 1820. The van der Waals surface area contributed by atoms with Gasteiger partial charge in [-0.1, -0.05) is 30.3 Å². The SMILES string of the molecule is CCn1c(-c2ccc(-c3c(C)on(C)c3=O)cc2)c(C)c2cc(C)nc(C(=O)Nc3cccc(C(N)=O)c3)c21. The third-order valence-corrected chi connectivity index (χ3v) is 6.93. The summed E-state index contributed by atoms with van der Waals surface area (Å²) in [5, 5.41) is 3.80. The Morgan fingerprint density at radius 1 is 1.03 bits per heavy atom. The molecule has 0 aliphatic carbocycles. The number of aryl methyl sites for hydroxylation is 5. The highest BCUT2D eigenvalue weighted by molar-refractivity contribution is 6.12. The maximum absolute atomic E-state index is 13.5. The zero-order valence-electron chi connectivity index (χ0n) is 22.5. The Morgan fingerprint density at radius 2 is 1.72 bits per heavy atom. The van der Waals surface area contributed by atoms with Crippen LogP contribution in [-0.2, 0) is 13.6 Å². The number of hydrogen-bond acceptors (Lipinski definition) is 5. The second kappa shape index (κ2) is 9.75. The fourth-order valence-corrected chi connectivity index (χ4v) is 5.18. The van der Waals surface area contributed by atoms with Crippen molar-refractivity contribution >= 4 is 28.4 Å². The number of nitrogens with one attached hydrogen (secondary N) is 1. The average molecular weight is 524 g/mol. The van der Waals surface area contributed by atoms with Crippen molar-refractivity contribution in [1.82, 2.24) is 14.3 Å². The first kappa shape index (κ1) is 25.7. The summed E-state index contributed by atoms with van der Waals surface area (Å²) in [6.07, 6.45) is 0. The summed E-state index contributed by atoms with van der Waals surface area (Å²) in [5.74, 6) is -0.394. The minimum Gasteiger partial charge on any atom is -0.381 e. The van der Waals surface area contributed by atoms with Crippen molar-refractivity contribution in [3.63, 3.8) is 0 Å². The first-order valence-electron chi connectivity index (χ1n) is 12.6. The van der Waals surface area contributed by atoms with Gasteiger partial charge in [0, 0.05) is 35.9 Å². The van der Waals surface area contributed by atoms with Crippen LogP contribution in [0.25, 0.3) is 33.3 Å². The molecule has 3 N–H and O–H groups in total. The monoisotopic (exact) mass is 523 g/mol. The van der Waals surface area contributed by atoms with E-state index in [0.717, 1.165) is 33.3 Å². The van der Waals surface area contributed by atoms with E-state index in [1.54, 1.807) is 38.2 Å². The summed E-state index contributed by atoms with van der Waals surface area (Å²) in [7, 11) is 1.59. The van der Waals surface area contributed by atoms with E-state index in [2.05, 4.69) is 14.9 Å². The lowest BCUT2D eigenvalue weighted by Gasteiger charge is -2.12. The number of carbonyl (C=O) groups is 2. The van der Waals surface area contributed by atoms with Gasteiger partial charge in [0.1, 0.15) is 5.76 Å². The van der Waals surface area contributed by atoms with Crippen molar-refractivity contribution in [3.8, 4) is 22.4 Å². The van der Waals surface area contributed by atoms with E-state index >= 15 is 0 Å². The molecule has 0 bridgehead atoms. The number of fused-ring (bicyclic) bond motifs is 1. The highest BCUT2D eigenvalue weighted by Gasteiger charge is 2.23. The molecule has 0 fully saturated rings. The van der Waals surface area contributed by atoms with Crippen LogP contribution in [0.15, 0.2) is 63.9 Å². The van der Waals surface area contributed by atoms with Gasteiger partial charge < -0.3 is 20.1 Å². The fourth-order valence-electron chi connectivity index (χ4n) is 5.18. The highest BCUT2D eigenvalue weighted by Crippen LogP contribution is 2.36. The largest absolute Gasteiger partial charge is 0.381 e. The summed E-state index contributed by atoms with van der Waals surface area (Å²) in [6, 6.07) is 16.3. The van der Waals surface area contributed by atoms with Gasteiger partial charge in [-0.2, -0.15) is 4.74 Å². The average Bonchev–Trinajstić information content (AvgIpc) is 3.34. The number of benzene rings is 2. The first-order chi connectivity index (χ1) is 18.6. The standard InChI is InChI=1S/C30H29N5O4/c1-6-35-26(20-12-10-19(11-13-20)24-18(4)39-34(5)30(24)38)17(3)23-14-16(2)32-25(27(23)35)29(37)33-22-9-7-8-21(15-22)28(31)36/h7-15H,6H2,1-5H3,(H2,31,36)(H,33,37). The summed E-state index contributed by atoms with van der Waals surface area (Å²) in [6.45, 7) is 8.29. The number of rotatable bonds is 6. The van der Waals surface area contributed by atoms with Crippen molar-refractivity contribution in [2.24, 2.45) is 12.8 Å². The van der Waals surface area contributed by atoms with Crippen molar-refractivity contribution in [3.05, 3.63) is 93.2 Å². The second-order valence-electron chi connectivity index (χ2n) is 9.53. The molecule has 198 valence electrons. The minimum absolute atomic E-state index is 0.183. The lowest BCUT2D eigenvalue weighted by Crippen LogP contribution is -2.17. The summed E-state index contributed by atoms with van der Waals surface area (Å²) in [5.41, 5.74) is 12.0. The Morgan fingerprint density at radius 3 is 2.33 bits per heavy atom. The molecule has 0 spiro atoms. The molecule has 2 aromatic carbocycles. The lowest BCUT2D eigenvalue weighted by atomic mass is 10.0. The number of nitrogens with two attached hydrogens (primary N) is 1. The molecule has 0 aliphatic rings. The third-order valence-electron chi connectivity index (χ3n) is 6.93. The topological polar surface area (TPSA) is 125 Å². The van der Waals surface area contributed by atoms with E-state index < -0.39 is 5.91 Å². The van der Waals surface area contributed by atoms with E-state index in [4.69, 9.17) is 10.3 Å². The molecule has 0 saturated heterocycles. The number of aromatic nitrogens is 3. The molecule has 5 rings (SSSR count). The molecule has 9 heteroatoms. The Labute approximate surface area is 224 Å². The van der Waals surface area contributed by atoms with Gasteiger partial charge in [-0.25, -0.2) is 4.98 Å². The van der Waals surface area contributed by atoms with Crippen molar-refractivity contribution in [2.75, 3.05) is 5.32 Å². The zero-order chi connectivity index (χ0) is 28.0. The van der Waals surface area contributed by atoms with E-state index in [0.29, 0.717) is 40.5 Å². The van der Waals surface area contributed by atoms with E-state index in [1.165, 1.54) is 4.74 Å². The molecule has 0 aliphatic heterocycles. The minimum atomic E-state index is -0.573. The normalized spacial score (nSPS) is 11.2. The van der Waals surface area contributed by atoms with Gasteiger partial charge in [-0.15, -0.1) is 0 Å². The van der Waals surface area contributed by atoms with Gasteiger partial charge in [-0.05, 0) is 68.7 Å². The maximum atomic E-state index is 13.5. The number of carbonyl (C=O) groups excluding carboxylic acids is 2. The van der Waals surface area contributed by atoms with Crippen molar-refractivity contribution in [2.45, 2.75) is 34.2 Å². The van der Waals surface area contributed by atoms with Crippen LogP contribution < -0.4 is 16.6 Å². The molecule has 3 heterocycles. The third kappa shape index (κ3) is 4.41. The molecule has 3 aromatic heterocycles. The van der Waals surface area contributed by atoms with Crippen LogP contribution in [0.4, 0.5) is 5.69 Å². The molecule has 0 saturated carbocycles. The summed E-state index contributed by atoms with van der Waals surface area (Å²) >= 11 is 0. The molecule has 0 unspecified atom stereocenters. The summed E-state index contributed by atoms with van der Waals surface area (Å²) < 4.78 is 8.76. The van der Waals surface area contributed by atoms with Gasteiger partial charge in [-0.3, -0.25) is 14.4 Å². The number of anilines is 1. The van der Waals surface area contributed by atoms with Gasteiger partial charge >= 0.3 is 0 Å². The van der Waals surface area contributed by atoms with E-state index in [1.807, 2.05) is 51.1 Å². The van der Waals surface area contributed by atoms with Gasteiger partial charge in [0.25, 0.3) is 11.5 Å². The van der Waals surface area contributed by atoms with Crippen LogP contribution in [0.2, 0.25) is 0 Å². The molecule has 0 atom stereocenters. The van der Waals surface area contributed by atoms with Crippen LogP contribution in [-0.4, -0.2) is 26.1 Å². The fraction of sp³-hybridized carbons (Fsp3) is 0.200. The quantitative estimate of drug-likeness (QED) is 0.325. The number of hydrogen-bond donors (Lipinski definition) is 2. The smallest absolute Gasteiger partial charge is 0.290 e. The van der Waals surface area contributed by atoms with E-state index in [-0.39, 0.29) is 11.5 Å². The predicted octanol–water partition coefficient (Wildman–Crippen LogP) is 4.96. The molecule has 5 aromatic rings. The van der Waals surface area contributed by atoms with Crippen molar-refractivity contribution in [1.29, 1.82) is 0 Å². The molecule has 0 radical (unpaired) electrons. The van der Waals surface area contributed by atoms with E-state index in [9.17, 15) is 14.4 Å². The number of primary amides is 1. The Hall–Kier alpha value is -4.92. The molecular formula is C30H29N5O4. The zero-order valence-corrected chi connectivity index (χ0v) is 22.5. The van der Waals surface area contributed by atoms with Gasteiger partial charge in [0.05, 0.1) is 16.8 Å². The Kier molecular flexibility index (Phi) is 6.43. The summed E-state index contributed by atoms with van der Waals surface area (Å²) in [4.78, 5) is 42.3. The van der Waals surface area contributed by atoms with Crippen LogP contribution in [0, 0.1) is 20.8 Å². The first-order valence-corrected chi connectivity index (χ1v) is 12.6. The maximum Gasteiger partial charge on any atom is 0.290 e. The lowest BCUT2D eigenvalue weighted by molar-refractivity contribution is 0.0995. The van der Waals surface area contributed by atoms with Crippen LogP contribution in [0.5, 0.6) is 0 Å². The van der Waals surface area contributed by atoms with Gasteiger partial charge in [0.15, 0.2) is 5.69 Å². The number of nitrogens with zero attached hydrogens (tertiary/aromatic N) is 3. The van der Waals surface area contributed by atoms with Crippen LogP contribution in [0.3, 0.4) is 0 Å². The molecule has 9 nitrogen and oxygen atoms in total. The second-order valence-corrected chi connectivity index (χ2v) is 9.53. The highest BCUT2D eigenvalue weighted by atomic mass is 16.5.